The Balaban J connectivity index is 1.75. The highest BCUT2D eigenvalue weighted by Crippen LogP contribution is 2.22. The molecule has 0 saturated carbocycles. The van der Waals surface area contributed by atoms with Crippen molar-refractivity contribution < 1.29 is 23.9 Å². The van der Waals surface area contributed by atoms with Crippen LogP contribution in [0.4, 0.5) is 5.82 Å². The van der Waals surface area contributed by atoms with Gasteiger partial charge in [-0.25, -0.2) is 4.79 Å². The molecule has 3 amide bonds. The molecule has 134 valence electrons. The number of hydrogen-bond donors (Lipinski definition) is 1. The number of aromatic nitrogens is 2. The molecular weight excluding hydrogens is 340 g/mol. The standard InChI is InChI=1S/C17H16N4O5/c1-3-26-17(25)12-8-18-20(2)14(12)19-13(22)9-21-15(23)10-6-4-5-7-11(10)16(21)24/h4-8H,3,9H2,1-2H3,(H,19,22). The zero-order valence-corrected chi connectivity index (χ0v) is 14.2. The number of rotatable bonds is 5. The summed E-state index contributed by atoms with van der Waals surface area (Å²) < 4.78 is 6.21. The van der Waals surface area contributed by atoms with E-state index in [9.17, 15) is 19.2 Å². The number of hydrogen-bond acceptors (Lipinski definition) is 6. The molecule has 1 N–H and O–H groups in total. The van der Waals surface area contributed by atoms with Gasteiger partial charge in [0.2, 0.25) is 5.91 Å². The van der Waals surface area contributed by atoms with Crippen molar-refractivity contribution >= 4 is 29.5 Å². The molecule has 2 aromatic rings. The third-order valence-corrected chi connectivity index (χ3v) is 3.87. The minimum atomic E-state index is -0.631. The Morgan fingerprint density at radius 2 is 1.77 bits per heavy atom. The molecule has 1 aromatic carbocycles. The lowest BCUT2D eigenvalue weighted by Gasteiger charge is -2.14. The van der Waals surface area contributed by atoms with Crippen molar-refractivity contribution in [1.29, 1.82) is 0 Å². The summed E-state index contributed by atoms with van der Waals surface area (Å²) in [6, 6.07) is 6.37. The fraction of sp³-hybridized carbons (Fsp3) is 0.235. The SMILES string of the molecule is CCOC(=O)c1cnn(C)c1NC(=O)CN1C(=O)c2ccccc2C1=O. The number of fused-ring (bicyclic) bond motifs is 1. The lowest BCUT2D eigenvalue weighted by atomic mass is 10.1. The summed E-state index contributed by atoms with van der Waals surface area (Å²) in [5.41, 5.74) is 0.612. The molecule has 0 atom stereocenters. The average molecular weight is 356 g/mol. The number of amides is 3. The molecule has 26 heavy (non-hydrogen) atoms. The summed E-state index contributed by atoms with van der Waals surface area (Å²) in [6.45, 7) is 1.37. The van der Waals surface area contributed by atoms with E-state index in [4.69, 9.17) is 4.74 Å². The fourth-order valence-corrected chi connectivity index (χ4v) is 2.64. The first-order valence-electron chi connectivity index (χ1n) is 7.88. The van der Waals surface area contributed by atoms with E-state index in [1.165, 1.54) is 23.0 Å². The molecule has 3 rings (SSSR count). The van der Waals surface area contributed by atoms with Crippen LogP contribution in [-0.4, -0.2) is 51.5 Å². The van der Waals surface area contributed by atoms with Crippen LogP contribution in [0.1, 0.15) is 38.0 Å². The van der Waals surface area contributed by atoms with Gasteiger partial charge in [-0.1, -0.05) is 12.1 Å². The van der Waals surface area contributed by atoms with Gasteiger partial charge in [-0.2, -0.15) is 5.10 Å². The first kappa shape index (κ1) is 17.3. The smallest absolute Gasteiger partial charge is 0.343 e. The van der Waals surface area contributed by atoms with Crippen LogP contribution in [0.3, 0.4) is 0 Å². The first-order valence-corrected chi connectivity index (χ1v) is 7.88. The number of ether oxygens (including phenoxy) is 1. The van der Waals surface area contributed by atoms with Crippen LogP contribution >= 0.6 is 0 Å². The zero-order valence-electron chi connectivity index (χ0n) is 14.2. The highest BCUT2D eigenvalue weighted by molar-refractivity contribution is 6.22. The van der Waals surface area contributed by atoms with Gasteiger partial charge in [0.15, 0.2) is 0 Å². The quantitative estimate of drug-likeness (QED) is 0.628. The van der Waals surface area contributed by atoms with Gasteiger partial charge < -0.3 is 10.1 Å². The van der Waals surface area contributed by atoms with Gasteiger partial charge in [-0.05, 0) is 19.1 Å². The second-order valence-corrected chi connectivity index (χ2v) is 5.54. The molecule has 0 fully saturated rings. The van der Waals surface area contributed by atoms with E-state index in [1.807, 2.05) is 0 Å². The highest BCUT2D eigenvalue weighted by Gasteiger charge is 2.36. The topological polar surface area (TPSA) is 111 Å². The van der Waals surface area contributed by atoms with Crippen molar-refractivity contribution in [3.8, 4) is 0 Å². The number of aryl methyl sites for hydroxylation is 1. The Hall–Kier alpha value is -3.49. The molecule has 0 radical (unpaired) electrons. The Bertz CT molecular complexity index is 883. The minimum Gasteiger partial charge on any atom is -0.462 e. The van der Waals surface area contributed by atoms with Crippen molar-refractivity contribution in [2.24, 2.45) is 7.05 Å². The second-order valence-electron chi connectivity index (χ2n) is 5.54. The number of carbonyl (C=O) groups is 4. The van der Waals surface area contributed by atoms with Crippen LogP contribution in [-0.2, 0) is 16.6 Å². The Morgan fingerprint density at radius 1 is 1.15 bits per heavy atom. The summed E-state index contributed by atoms with van der Waals surface area (Å²) in [7, 11) is 1.54. The van der Waals surface area contributed by atoms with Gasteiger partial charge in [0.1, 0.15) is 17.9 Å². The molecule has 1 aromatic heterocycles. The number of anilines is 1. The number of imide groups is 1. The van der Waals surface area contributed by atoms with E-state index < -0.39 is 30.2 Å². The summed E-state index contributed by atoms with van der Waals surface area (Å²) in [4.78, 5) is 49.7. The van der Waals surface area contributed by atoms with Crippen molar-refractivity contribution in [2.75, 3.05) is 18.5 Å². The second kappa shape index (κ2) is 6.79. The third-order valence-electron chi connectivity index (χ3n) is 3.87. The number of esters is 1. The predicted molar refractivity (Wildman–Crippen MR) is 89.6 cm³/mol. The molecule has 0 unspecified atom stereocenters. The summed E-state index contributed by atoms with van der Waals surface area (Å²) in [5.74, 6) is -2.19. The van der Waals surface area contributed by atoms with E-state index in [0.717, 1.165) is 4.90 Å². The van der Waals surface area contributed by atoms with Gasteiger partial charge in [0.25, 0.3) is 11.8 Å². The van der Waals surface area contributed by atoms with Crippen LogP contribution in [0.5, 0.6) is 0 Å². The maximum absolute atomic E-state index is 12.3. The lowest BCUT2D eigenvalue weighted by Crippen LogP contribution is -2.37. The van der Waals surface area contributed by atoms with Crippen molar-refractivity contribution in [3.05, 3.63) is 47.2 Å². The molecule has 9 heteroatoms. The third kappa shape index (κ3) is 2.94. The van der Waals surface area contributed by atoms with Gasteiger partial charge in [-0.3, -0.25) is 24.0 Å². The fourth-order valence-electron chi connectivity index (χ4n) is 2.64. The Kier molecular flexibility index (Phi) is 4.53. The highest BCUT2D eigenvalue weighted by atomic mass is 16.5. The maximum atomic E-state index is 12.3. The molecule has 0 bridgehead atoms. The Labute approximate surface area is 148 Å². The van der Waals surface area contributed by atoms with Crippen LogP contribution < -0.4 is 5.32 Å². The normalized spacial score (nSPS) is 12.9. The first-order chi connectivity index (χ1) is 12.4. The molecular formula is C17H16N4O5. The molecule has 1 aliphatic rings. The molecule has 0 saturated heterocycles. The number of nitrogens with zero attached hydrogens (tertiary/aromatic N) is 3. The average Bonchev–Trinajstić information content (AvgIpc) is 3.09. The molecule has 9 nitrogen and oxygen atoms in total. The van der Waals surface area contributed by atoms with E-state index >= 15 is 0 Å². The lowest BCUT2D eigenvalue weighted by molar-refractivity contribution is -0.116. The van der Waals surface area contributed by atoms with Crippen LogP contribution in [0.2, 0.25) is 0 Å². The van der Waals surface area contributed by atoms with Crippen molar-refractivity contribution in [2.45, 2.75) is 6.92 Å². The summed E-state index contributed by atoms with van der Waals surface area (Å²) >= 11 is 0. The summed E-state index contributed by atoms with van der Waals surface area (Å²) in [6.07, 6.45) is 1.27. The van der Waals surface area contributed by atoms with E-state index in [1.54, 1.807) is 26.1 Å². The largest absolute Gasteiger partial charge is 0.462 e. The van der Waals surface area contributed by atoms with Crippen molar-refractivity contribution in [3.63, 3.8) is 0 Å². The van der Waals surface area contributed by atoms with Crippen LogP contribution in [0, 0.1) is 0 Å². The number of nitrogens with one attached hydrogen (secondary N) is 1. The van der Waals surface area contributed by atoms with E-state index in [-0.39, 0.29) is 29.1 Å². The van der Waals surface area contributed by atoms with Gasteiger partial charge in [0, 0.05) is 7.05 Å². The minimum absolute atomic E-state index is 0.0880. The van der Waals surface area contributed by atoms with Crippen LogP contribution in [0.15, 0.2) is 30.5 Å². The molecule has 1 aliphatic heterocycles. The molecule has 2 heterocycles. The molecule has 0 spiro atoms. The van der Waals surface area contributed by atoms with Gasteiger partial charge >= 0.3 is 5.97 Å². The zero-order chi connectivity index (χ0) is 18.8. The van der Waals surface area contributed by atoms with Gasteiger partial charge in [0.05, 0.1) is 23.9 Å². The monoisotopic (exact) mass is 356 g/mol. The predicted octanol–water partition coefficient (Wildman–Crippen LogP) is 0.831. The van der Waals surface area contributed by atoms with Gasteiger partial charge in [-0.15, -0.1) is 0 Å². The van der Waals surface area contributed by atoms with E-state index in [2.05, 4.69) is 10.4 Å². The van der Waals surface area contributed by atoms with Crippen molar-refractivity contribution in [1.82, 2.24) is 14.7 Å². The maximum Gasteiger partial charge on any atom is 0.343 e. The van der Waals surface area contributed by atoms with Crippen LogP contribution in [0.25, 0.3) is 0 Å². The Morgan fingerprint density at radius 3 is 2.35 bits per heavy atom. The summed E-state index contributed by atoms with van der Waals surface area (Å²) in [5, 5.41) is 6.43. The number of carbonyl (C=O) groups excluding carboxylic acids is 4. The number of benzene rings is 1. The van der Waals surface area contributed by atoms with E-state index in [0.29, 0.717) is 0 Å². The molecule has 0 aliphatic carbocycles.